The van der Waals surface area contributed by atoms with Crippen LogP contribution < -0.4 is 0 Å². The second-order valence-corrected chi connectivity index (χ2v) is 15.5. The summed E-state index contributed by atoms with van der Waals surface area (Å²) in [5, 5.41) is 0. The Hall–Kier alpha value is -3.90. The molecular weight excluding hydrogens is 924 g/mol. The first-order valence-corrected chi connectivity index (χ1v) is 20.6. The molecule has 4 heteroatoms. The van der Waals surface area contributed by atoms with Gasteiger partial charge in [-0.15, -0.1) is 79.9 Å². The van der Waals surface area contributed by atoms with Crippen molar-refractivity contribution in [1.82, 2.24) is 0 Å². The van der Waals surface area contributed by atoms with Gasteiger partial charge in [0.1, 0.15) is 0 Å². The maximum atomic E-state index is 3.40. The van der Waals surface area contributed by atoms with Gasteiger partial charge in [0.25, 0.3) is 0 Å². The molecule has 0 saturated carbocycles. The van der Waals surface area contributed by atoms with Crippen LogP contribution in [0.15, 0.2) is 121 Å². The van der Waals surface area contributed by atoms with Crippen LogP contribution in [0.5, 0.6) is 0 Å². The molecule has 0 atom stereocenters. The number of aryl methyl sites for hydroxylation is 6. The number of hydrogen-bond acceptors (Lipinski definition) is 0. The van der Waals surface area contributed by atoms with E-state index in [9.17, 15) is 0 Å². The summed E-state index contributed by atoms with van der Waals surface area (Å²) in [7, 11) is 0. The Bertz CT molecular complexity index is 2400. The van der Waals surface area contributed by atoms with E-state index in [1.54, 1.807) is 0 Å². The third kappa shape index (κ3) is 15.6. The molecule has 316 valence electrons. The van der Waals surface area contributed by atoms with Crippen LogP contribution >= 0.6 is 0 Å². The Balaban J connectivity index is 0.000000418. The molecule has 0 aliphatic rings. The first kappa shape index (κ1) is 58.1. The maximum Gasteiger partial charge on any atom is 2.00 e. The van der Waals surface area contributed by atoms with E-state index < -0.39 is 0 Å². The quantitative estimate of drug-likeness (QED) is 0.154. The van der Waals surface area contributed by atoms with Crippen molar-refractivity contribution >= 4 is 0 Å². The Kier molecular flexibility index (Phi) is 25.6. The molecule has 0 heterocycles. The van der Waals surface area contributed by atoms with Gasteiger partial charge in [0.2, 0.25) is 0 Å². The van der Waals surface area contributed by atoms with Gasteiger partial charge in [-0.25, -0.2) is 44.5 Å². The van der Waals surface area contributed by atoms with Gasteiger partial charge >= 0.3 is 74.2 Å². The zero-order chi connectivity index (χ0) is 43.3. The van der Waals surface area contributed by atoms with Crippen molar-refractivity contribution in [3.05, 3.63) is 237 Å². The van der Waals surface area contributed by atoms with E-state index in [0.717, 1.165) is 33.4 Å². The van der Waals surface area contributed by atoms with Crippen molar-refractivity contribution in [1.29, 1.82) is 0 Å². The van der Waals surface area contributed by atoms with Crippen molar-refractivity contribution in [3.8, 4) is 44.5 Å². The van der Waals surface area contributed by atoms with E-state index in [0.29, 0.717) is 0 Å². The first-order chi connectivity index (χ1) is 28.8. The van der Waals surface area contributed by atoms with Crippen molar-refractivity contribution in [2.45, 2.75) is 83.1 Å². The SMILES string of the molecule is Cc1[c-]c(-c2[c-]cccc2)cc(C)c1C.Cc1[c-]c(-c2[c-]cccc2)cc(C)c1C.Cc1c[c-]c(-c2[c-]cccc2)c(C)c1C.Cc1c[c-]c(-c2[c-]cccc2)c(C)c1C.[V+2].[V+2].[V+2].[V+2]. The molecule has 0 aromatic heterocycles. The van der Waals surface area contributed by atoms with Crippen molar-refractivity contribution in [3.63, 3.8) is 0 Å². The molecule has 0 aliphatic carbocycles. The molecule has 0 spiro atoms. The molecule has 0 aliphatic heterocycles. The smallest absolute Gasteiger partial charge is 0.226 e. The van der Waals surface area contributed by atoms with E-state index in [2.05, 4.69) is 180 Å². The van der Waals surface area contributed by atoms with Crippen molar-refractivity contribution < 1.29 is 74.2 Å². The minimum atomic E-state index is 0. The fourth-order valence-electron chi connectivity index (χ4n) is 6.73. The Labute approximate surface area is 434 Å². The summed E-state index contributed by atoms with van der Waals surface area (Å²) >= 11 is 0. The third-order valence-electron chi connectivity index (χ3n) is 11.6. The van der Waals surface area contributed by atoms with Gasteiger partial charge in [-0.2, -0.15) is 157 Å². The van der Waals surface area contributed by atoms with Crippen LogP contribution in [0.1, 0.15) is 66.8 Å². The van der Waals surface area contributed by atoms with Crippen LogP contribution in [0.2, 0.25) is 0 Å². The predicted octanol–water partition coefficient (Wildman–Crippen LogP) is 15.5. The topological polar surface area (TPSA) is 0 Å². The van der Waals surface area contributed by atoms with Gasteiger partial charge in [0, 0.05) is 0 Å². The summed E-state index contributed by atoms with van der Waals surface area (Å²) in [5.41, 5.74) is 24.7. The maximum absolute atomic E-state index is 3.40. The molecule has 8 aromatic carbocycles. The minimum absolute atomic E-state index is 0. The van der Waals surface area contributed by atoms with Crippen molar-refractivity contribution in [2.24, 2.45) is 0 Å². The Morgan fingerprint density at radius 1 is 0.281 bits per heavy atom. The number of hydrogen-bond donors (Lipinski definition) is 0. The summed E-state index contributed by atoms with van der Waals surface area (Å²) in [5.74, 6) is 0. The molecule has 4 radical (unpaired) electrons. The largest absolute Gasteiger partial charge is 2.00 e. The van der Waals surface area contributed by atoms with Gasteiger partial charge in [-0.1, -0.05) is 83.1 Å². The monoisotopic (exact) mass is 980 g/mol. The molecule has 8 aromatic rings. The van der Waals surface area contributed by atoms with Gasteiger partial charge in [-0.3, -0.25) is 0 Å². The zero-order valence-corrected chi connectivity index (χ0v) is 44.9. The zero-order valence-electron chi connectivity index (χ0n) is 39.3. The molecule has 0 amide bonds. The second-order valence-electron chi connectivity index (χ2n) is 15.5. The Morgan fingerprint density at radius 2 is 0.578 bits per heavy atom. The van der Waals surface area contributed by atoms with Gasteiger partial charge < -0.3 is 0 Å². The molecule has 0 unspecified atom stereocenters. The first-order valence-electron chi connectivity index (χ1n) is 20.6. The molecular formula is C60H56V4. The van der Waals surface area contributed by atoms with Crippen LogP contribution in [-0.4, -0.2) is 0 Å². The fourth-order valence-corrected chi connectivity index (χ4v) is 6.73. The third-order valence-corrected chi connectivity index (χ3v) is 11.6. The minimum Gasteiger partial charge on any atom is -0.226 e. The van der Waals surface area contributed by atoms with E-state index >= 15 is 0 Å². The van der Waals surface area contributed by atoms with Crippen LogP contribution in [0.25, 0.3) is 44.5 Å². The summed E-state index contributed by atoms with van der Waals surface area (Å²) in [6.45, 7) is 25.6. The summed E-state index contributed by atoms with van der Waals surface area (Å²) in [6.07, 6.45) is 0. The van der Waals surface area contributed by atoms with Crippen LogP contribution in [0.4, 0.5) is 0 Å². The van der Waals surface area contributed by atoms with E-state index in [4.69, 9.17) is 0 Å². The summed E-state index contributed by atoms with van der Waals surface area (Å²) in [4.78, 5) is 0. The van der Waals surface area contributed by atoms with Crippen LogP contribution in [0, 0.1) is 132 Å². The molecule has 0 N–H and O–H groups in total. The predicted molar refractivity (Wildman–Crippen MR) is 255 cm³/mol. The summed E-state index contributed by atoms with van der Waals surface area (Å²) < 4.78 is 0. The van der Waals surface area contributed by atoms with Gasteiger partial charge in [0.05, 0.1) is 0 Å². The van der Waals surface area contributed by atoms with E-state index in [-0.39, 0.29) is 74.2 Å². The van der Waals surface area contributed by atoms with Crippen molar-refractivity contribution in [2.75, 3.05) is 0 Å². The number of benzene rings is 8. The van der Waals surface area contributed by atoms with Gasteiger partial charge in [-0.05, 0) is 0 Å². The standard InChI is InChI=1S/4C15H14.4V/c2*1-11-9-15(10-12(2)13(11)3)14-7-5-4-6-8-14;2*1-11-9-10-15(13(3)12(11)2)14-7-5-4-6-8-14;;;;/h4*4-7,9H,1-3H3;;;;/q4*-2;4*+2. The van der Waals surface area contributed by atoms with Gasteiger partial charge in [0.15, 0.2) is 0 Å². The fraction of sp³-hybridized carbons (Fsp3) is 0.200. The van der Waals surface area contributed by atoms with Crippen LogP contribution in [0.3, 0.4) is 0 Å². The molecule has 0 bridgehead atoms. The normalized spacial score (nSPS) is 9.69. The molecule has 0 fully saturated rings. The molecule has 0 nitrogen and oxygen atoms in total. The number of rotatable bonds is 4. The second kappa shape index (κ2) is 28.2. The molecule has 64 heavy (non-hydrogen) atoms. The van der Waals surface area contributed by atoms with Crippen LogP contribution in [-0.2, 0) is 74.2 Å². The Morgan fingerprint density at radius 3 is 0.844 bits per heavy atom. The van der Waals surface area contributed by atoms with E-state index in [1.165, 1.54) is 77.9 Å². The summed E-state index contributed by atoms with van der Waals surface area (Å²) in [6, 6.07) is 67.0. The molecule has 0 saturated heterocycles. The average Bonchev–Trinajstić information content (AvgIpc) is 3.27. The molecule has 8 rings (SSSR count). The van der Waals surface area contributed by atoms with E-state index in [1.807, 2.05) is 72.8 Å². The average molecular weight is 981 g/mol.